The molecule has 0 fully saturated rings. The van der Waals surface area contributed by atoms with Crippen LogP contribution in [0.2, 0.25) is 0 Å². The third-order valence-corrected chi connectivity index (χ3v) is 2.38. The minimum Gasteiger partial charge on any atom is -0.366 e. The molecular weight excluding hydrogens is 210 g/mol. The molecule has 15 heavy (non-hydrogen) atoms. The van der Waals surface area contributed by atoms with Gasteiger partial charge in [0.2, 0.25) is 5.91 Å². The van der Waals surface area contributed by atoms with E-state index < -0.39 is 5.91 Å². The molecule has 0 heterocycles. The second-order valence-electron chi connectivity index (χ2n) is 3.02. The first-order valence-electron chi connectivity index (χ1n) is 4.51. The van der Waals surface area contributed by atoms with Crippen LogP contribution in [0.1, 0.15) is 12.0 Å². The molecule has 3 heteroatoms. The summed E-state index contributed by atoms with van der Waals surface area (Å²) in [6.45, 7) is 3.56. The van der Waals surface area contributed by atoms with Crippen LogP contribution in [0.15, 0.2) is 48.6 Å². The monoisotopic (exact) mass is 221 g/mol. The van der Waals surface area contributed by atoms with Gasteiger partial charge in [0.05, 0.1) is 5.03 Å². The summed E-state index contributed by atoms with van der Waals surface area (Å²) >= 11 is 6.08. The van der Waals surface area contributed by atoms with Crippen molar-refractivity contribution in [3.05, 3.63) is 54.1 Å². The number of rotatable bonds is 4. The number of amides is 1. The van der Waals surface area contributed by atoms with Crippen molar-refractivity contribution in [3.8, 4) is 0 Å². The molecule has 0 atom stereocenters. The minimum absolute atomic E-state index is 0.378. The lowest BCUT2D eigenvalue weighted by atomic mass is 10.1. The zero-order chi connectivity index (χ0) is 11.3. The number of carbonyl (C=O) groups excluding carboxylic acids is 1. The quantitative estimate of drug-likeness (QED) is 0.617. The van der Waals surface area contributed by atoms with Gasteiger partial charge < -0.3 is 5.73 Å². The molecule has 1 amide bonds. The Morgan fingerprint density at radius 2 is 2.00 bits per heavy atom. The first-order chi connectivity index (χ1) is 7.16. The Hall–Kier alpha value is -1.54. The third-order valence-electron chi connectivity index (χ3n) is 1.94. The number of nitrogens with two attached hydrogens (primary N) is 1. The third kappa shape index (κ3) is 2.96. The van der Waals surface area contributed by atoms with E-state index in [1.807, 2.05) is 30.3 Å². The lowest BCUT2D eigenvalue weighted by Gasteiger charge is -2.05. The highest BCUT2D eigenvalue weighted by molar-refractivity contribution is 6.51. The molecule has 1 aromatic carbocycles. The van der Waals surface area contributed by atoms with Gasteiger partial charge in [0, 0.05) is 5.57 Å². The van der Waals surface area contributed by atoms with E-state index in [4.69, 9.17) is 17.3 Å². The summed E-state index contributed by atoms with van der Waals surface area (Å²) < 4.78 is 0. The molecule has 0 spiro atoms. The number of benzene rings is 1. The van der Waals surface area contributed by atoms with E-state index in [2.05, 4.69) is 6.58 Å². The number of primary amides is 1. The predicted molar refractivity (Wildman–Crippen MR) is 63.2 cm³/mol. The fraction of sp³-hybridized carbons (Fsp3) is 0.0833. The Morgan fingerprint density at radius 1 is 1.40 bits per heavy atom. The van der Waals surface area contributed by atoms with Gasteiger partial charge in [-0.1, -0.05) is 48.0 Å². The molecule has 0 aliphatic heterocycles. The van der Waals surface area contributed by atoms with Crippen LogP contribution in [0.5, 0.6) is 0 Å². The van der Waals surface area contributed by atoms with Crippen LogP contribution in [0.4, 0.5) is 0 Å². The highest BCUT2D eigenvalue weighted by Gasteiger charge is 2.10. The largest absolute Gasteiger partial charge is 0.366 e. The molecule has 0 radical (unpaired) electrons. The molecule has 0 saturated heterocycles. The SMILES string of the molecule is C=CC/C(C(N)=O)=C(/Cl)c1ccccc1. The van der Waals surface area contributed by atoms with Gasteiger partial charge in [-0.05, 0) is 12.0 Å². The maximum Gasteiger partial charge on any atom is 0.246 e. The molecule has 0 aromatic heterocycles. The summed E-state index contributed by atoms with van der Waals surface area (Å²) in [5.41, 5.74) is 6.41. The lowest BCUT2D eigenvalue weighted by molar-refractivity contribution is -0.114. The topological polar surface area (TPSA) is 43.1 Å². The highest BCUT2D eigenvalue weighted by Crippen LogP contribution is 2.24. The first-order valence-corrected chi connectivity index (χ1v) is 4.89. The normalized spacial score (nSPS) is 11.8. The summed E-state index contributed by atoms with van der Waals surface area (Å²) in [5.74, 6) is -0.510. The van der Waals surface area contributed by atoms with Crippen molar-refractivity contribution in [2.24, 2.45) is 5.73 Å². The van der Waals surface area contributed by atoms with Gasteiger partial charge in [-0.3, -0.25) is 4.79 Å². The standard InChI is InChI=1S/C12H12ClNO/c1-2-6-10(12(14)15)11(13)9-7-4-3-5-8-9/h2-5,7-8H,1,6H2,(H2,14,15)/b11-10-. The second kappa shape index (κ2) is 5.37. The van der Waals surface area contributed by atoms with Crippen LogP contribution in [-0.2, 0) is 4.79 Å². The zero-order valence-electron chi connectivity index (χ0n) is 8.24. The van der Waals surface area contributed by atoms with E-state index in [1.54, 1.807) is 6.08 Å². The van der Waals surface area contributed by atoms with Gasteiger partial charge in [0.1, 0.15) is 0 Å². The lowest BCUT2D eigenvalue weighted by Crippen LogP contribution is -2.14. The number of halogens is 1. The predicted octanol–water partition coefficient (Wildman–Crippen LogP) is 2.70. The molecule has 0 unspecified atom stereocenters. The molecule has 0 aliphatic carbocycles. The Morgan fingerprint density at radius 3 is 2.47 bits per heavy atom. The van der Waals surface area contributed by atoms with Crippen molar-refractivity contribution >= 4 is 22.5 Å². The number of carbonyl (C=O) groups is 1. The first kappa shape index (κ1) is 11.5. The molecule has 0 saturated carbocycles. The molecule has 1 rings (SSSR count). The van der Waals surface area contributed by atoms with Crippen LogP contribution in [-0.4, -0.2) is 5.91 Å². The second-order valence-corrected chi connectivity index (χ2v) is 3.39. The van der Waals surface area contributed by atoms with Crippen molar-refractivity contribution in [1.29, 1.82) is 0 Å². The van der Waals surface area contributed by atoms with Gasteiger partial charge in [0.25, 0.3) is 0 Å². The van der Waals surface area contributed by atoms with Crippen LogP contribution in [0.25, 0.3) is 5.03 Å². The van der Waals surface area contributed by atoms with E-state index >= 15 is 0 Å². The Kier molecular flexibility index (Phi) is 4.13. The van der Waals surface area contributed by atoms with E-state index in [-0.39, 0.29) is 0 Å². The van der Waals surface area contributed by atoms with Crippen molar-refractivity contribution in [2.45, 2.75) is 6.42 Å². The van der Waals surface area contributed by atoms with Crippen molar-refractivity contribution in [3.63, 3.8) is 0 Å². The summed E-state index contributed by atoms with van der Waals surface area (Å²) in [5, 5.41) is 0.392. The Balaban J connectivity index is 3.16. The number of allylic oxidation sites excluding steroid dienone is 1. The fourth-order valence-corrected chi connectivity index (χ4v) is 1.50. The Bertz CT molecular complexity index is 395. The maximum atomic E-state index is 11.1. The van der Waals surface area contributed by atoms with Gasteiger partial charge in [-0.15, -0.1) is 6.58 Å². The molecule has 1 aromatic rings. The molecule has 0 bridgehead atoms. The van der Waals surface area contributed by atoms with Crippen LogP contribution in [0.3, 0.4) is 0 Å². The van der Waals surface area contributed by atoms with Crippen molar-refractivity contribution in [1.82, 2.24) is 0 Å². The van der Waals surface area contributed by atoms with E-state index in [0.29, 0.717) is 17.0 Å². The van der Waals surface area contributed by atoms with Gasteiger partial charge in [-0.2, -0.15) is 0 Å². The highest BCUT2D eigenvalue weighted by atomic mass is 35.5. The zero-order valence-corrected chi connectivity index (χ0v) is 9.00. The van der Waals surface area contributed by atoms with E-state index in [9.17, 15) is 4.79 Å². The van der Waals surface area contributed by atoms with Crippen molar-refractivity contribution in [2.75, 3.05) is 0 Å². The summed E-state index contributed by atoms with van der Waals surface area (Å²) in [6.07, 6.45) is 1.98. The van der Waals surface area contributed by atoms with E-state index in [1.165, 1.54) is 0 Å². The fourth-order valence-electron chi connectivity index (χ4n) is 1.20. The average molecular weight is 222 g/mol. The molecular formula is C12H12ClNO. The number of hydrogen-bond acceptors (Lipinski definition) is 1. The molecule has 2 nitrogen and oxygen atoms in total. The van der Waals surface area contributed by atoms with Gasteiger partial charge in [0.15, 0.2) is 0 Å². The van der Waals surface area contributed by atoms with E-state index in [0.717, 1.165) is 5.56 Å². The van der Waals surface area contributed by atoms with Gasteiger partial charge >= 0.3 is 0 Å². The molecule has 0 aliphatic rings. The van der Waals surface area contributed by atoms with Crippen LogP contribution >= 0.6 is 11.6 Å². The molecule has 78 valence electrons. The van der Waals surface area contributed by atoms with Crippen LogP contribution in [0, 0.1) is 0 Å². The molecule has 2 N–H and O–H groups in total. The summed E-state index contributed by atoms with van der Waals surface area (Å²) in [6, 6.07) is 9.24. The maximum absolute atomic E-state index is 11.1. The minimum atomic E-state index is -0.510. The summed E-state index contributed by atoms with van der Waals surface area (Å²) in [7, 11) is 0. The number of hydrogen-bond donors (Lipinski definition) is 1. The smallest absolute Gasteiger partial charge is 0.246 e. The average Bonchev–Trinajstić information content (AvgIpc) is 2.26. The summed E-state index contributed by atoms with van der Waals surface area (Å²) in [4.78, 5) is 11.1. The van der Waals surface area contributed by atoms with Gasteiger partial charge in [-0.25, -0.2) is 0 Å². The van der Waals surface area contributed by atoms with Crippen molar-refractivity contribution < 1.29 is 4.79 Å². The Labute approximate surface area is 94.0 Å². The van der Waals surface area contributed by atoms with Crippen LogP contribution < -0.4 is 5.73 Å².